The number of aryl methyl sites for hydroxylation is 1. The van der Waals surface area contributed by atoms with Crippen LogP contribution in [0.4, 0.5) is 8.78 Å². The molecule has 29 heavy (non-hydrogen) atoms. The van der Waals surface area contributed by atoms with Crippen LogP contribution in [0.3, 0.4) is 0 Å². The number of amides is 1. The van der Waals surface area contributed by atoms with E-state index in [-0.39, 0.29) is 11.1 Å². The Morgan fingerprint density at radius 2 is 1.76 bits per heavy atom. The highest BCUT2D eigenvalue weighted by Gasteiger charge is 2.37. The Kier molecular flexibility index (Phi) is 5.56. The van der Waals surface area contributed by atoms with Crippen LogP contribution < -0.4 is 16.6 Å². The summed E-state index contributed by atoms with van der Waals surface area (Å²) in [4.78, 5) is 27.9. The Hall–Kier alpha value is -3.39. The first kappa shape index (κ1) is 20.3. The Morgan fingerprint density at radius 1 is 1.10 bits per heavy atom. The standard InChI is InChI=1S/C21H20F2N4O2/c1-13(26-20(29)14-3-10-19(28)27(2)12-14)21(24,15-4-7-17(22)8-5-15)16-6-9-18(23)25-11-16/h3-13H,24H2,1-2H3,(H,26,29). The molecule has 0 aliphatic rings. The van der Waals surface area contributed by atoms with Crippen LogP contribution in [-0.4, -0.2) is 21.5 Å². The topological polar surface area (TPSA) is 90.0 Å². The Labute approximate surface area is 166 Å². The third kappa shape index (κ3) is 4.07. The van der Waals surface area contributed by atoms with Gasteiger partial charge in [-0.1, -0.05) is 18.2 Å². The number of nitrogens with zero attached hydrogens (tertiary/aromatic N) is 2. The minimum atomic E-state index is -1.31. The molecule has 0 bridgehead atoms. The number of hydrogen-bond acceptors (Lipinski definition) is 4. The van der Waals surface area contributed by atoms with Gasteiger partial charge >= 0.3 is 0 Å². The van der Waals surface area contributed by atoms with Crippen LogP contribution in [-0.2, 0) is 12.6 Å². The second kappa shape index (κ2) is 7.92. The predicted molar refractivity (Wildman–Crippen MR) is 104 cm³/mol. The lowest BCUT2D eigenvalue weighted by Gasteiger charge is -2.37. The number of carbonyl (C=O) groups is 1. The van der Waals surface area contributed by atoms with Crippen molar-refractivity contribution in [3.63, 3.8) is 0 Å². The van der Waals surface area contributed by atoms with Crippen molar-refractivity contribution in [1.82, 2.24) is 14.9 Å². The maximum absolute atomic E-state index is 13.4. The van der Waals surface area contributed by atoms with E-state index in [1.807, 2.05) is 0 Å². The van der Waals surface area contributed by atoms with Crippen molar-refractivity contribution in [2.75, 3.05) is 0 Å². The summed E-state index contributed by atoms with van der Waals surface area (Å²) in [6.07, 6.45) is 2.70. The van der Waals surface area contributed by atoms with E-state index in [1.54, 1.807) is 14.0 Å². The SMILES string of the molecule is CC(NC(=O)c1ccc(=O)n(C)c1)C(N)(c1ccc(F)cc1)c1ccc(F)nc1. The fourth-order valence-electron chi connectivity index (χ4n) is 3.13. The van der Waals surface area contributed by atoms with Crippen LogP contribution in [0.2, 0.25) is 0 Å². The van der Waals surface area contributed by atoms with Crippen LogP contribution in [0, 0.1) is 11.8 Å². The van der Waals surface area contributed by atoms with Crippen LogP contribution >= 0.6 is 0 Å². The molecule has 2 aromatic heterocycles. The number of hydrogen-bond donors (Lipinski definition) is 2. The van der Waals surface area contributed by atoms with Gasteiger partial charge in [-0.25, -0.2) is 9.37 Å². The van der Waals surface area contributed by atoms with Gasteiger partial charge in [0.2, 0.25) is 11.5 Å². The Balaban J connectivity index is 1.99. The number of benzene rings is 1. The van der Waals surface area contributed by atoms with Crippen LogP contribution in [0.15, 0.2) is 65.7 Å². The minimum absolute atomic E-state index is 0.244. The summed E-state index contributed by atoms with van der Waals surface area (Å²) in [6.45, 7) is 1.69. The maximum Gasteiger partial charge on any atom is 0.253 e. The highest BCUT2D eigenvalue weighted by Crippen LogP contribution is 2.30. The van der Waals surface area contributed by atoms with Gasteiger partial charge in [-0.15, -0.1) is 0 Å². The summed E-state index contributed by atoms with van der Waals surface area (Å²) in [5.74, 6) is -1.55. The van der Waals surface area contributed by atoms with Gasteiger partial charge in [-0.2, -0.15) is 4.39 Å². The zero-order valence-electron chi connectivity index (χ0n) is 15.9. The molecule has 1 aromatic carbocycles. The van der Waals surface area contributed by atoms with Crippen molar-refractivity contribution in [2.24, 2.45) is 12.8 Å². The molecule has 2 unspecified atom stereocenters. The molecule has 3 aromatic rings. The molecule has 2 heterocycles. The second-order valence-corrected chi connectivity index (χ2v) is 6.81. The molecule has 0 aliphatic heterocycles. The van der Waals surface area contributed by atoms with Gasteiger partial charge in [0.05, 0.1) is 17.1 Å². The van der Waals surface area contributed by atoms with E-state index >= 15 is 0 Å². The van der Waals surface area contributed by atoms with Gasteiger partial charge in [-0.3, -0.25) is 9.59 Å². The molecule has 1 amide bonds. The second-order valence-electron chi connectivity index (χ2n) is 6.81. The van der Waals surface area contributed by atoms with Crippen LogP contribution in [0.1, 0.15) is 28.4 Å². The van der Waals surface area contributed by atoms with Crippen molar-refractivity contribution >= 4 is 5.91 Å². The molecule has 0 fully saturated rings. The number of nitrogens with one attached hydrogen (secondary N) is 1. The van der Waals surface area contributed by atoms with Crippen LogP contribution in [0.25, 0.3) is 0 Å². The van der Waals surface area contributed by atoms with E-state index in [0.29, 0.717) is 11.1 Å². The normalized spacial score (nSPS) is 14.1. The number of aromatic nitrogens is 2. The van der Waals surface area contributed by atoms with E-state index in [4.69, 9.17) is 5.73 Å². The van der Waals surface area contributed by atoms with Crippen molar-refractivity contribution in [2.45, 2.75) is 18.5 Å². The summed E-state index contributed by atoms with van der Waals surface area (Å²) in [6, 6.07) is 10.2. The first-order valence-electron chi connectivity index (χ1n) is 8.86. The number of nitrogens with two attached hydrogens (primary N) is 1. The maximum atomic E-state index is 13.4. The molecule has 0 spiro atoms. The largest absolute Gasteiger partial charge is 0.347 e. The number of halogens is 2. The van der Waals surface area contributed by atoms with E-state index in [2.05, 4.69) is 10.3 Å². The fraction of sp³-hybridized carbons (Fsp3) is 0.190. The lowest BCUT2D eigenvalue weighted by atomic mass is 9.79. The lowest BCUT2D eigenvalue weighted by molar-refractivity contribution is 0.0924. The molecule has 0 saturated carbocycles. The molecule has 8 heteroatoms. The molecule has 0 radical (unpaired) electrons. The molecule has 0 saturated heterocycles. The monoisotopic (exact) mass is 398 g/mol. The molecule has 2 atom stereocenters. The quantitative estimate of drug-likeness (QED) is 0.644. The fourth-order valence-corrected chi connectivity index (χ4v) is 3.13. The molecule has 3 N–H and O–H groups in total. The summed E-state index contributed by atoms with van der Waals surface area (Å²) in [5.41, 5.74) is 6.38. The van der Waals surface area contributed by atoms with Gasteiger partial charge in [0, 0.05) is 25.5 Å². The zero-order chi connectivity index (χ0) is 21.2. The van der Waals surface area contributed by atoms with Gasteiger partial charge in [-0.05, 0) is 42.3 Å². The first-order valence-corrected chi connectivity index (χ1v) is 8.86. The number of carbonyl (C=O) groups excluding carboxylic acids is 1. The Bertz CT molecular complexity index is 1030. The van der Waals surface area contributed by atoms with Crippen LogP contribution in [0.5, 0.6) is 0 Å². The minimum Gasteiger partial charge on any atom is -0.347 e. The summed E-state index contributed by atoms with van der Waals surface area (Å²) in [5, 5.41) is 2.82. The van der Waals surface area contributed by atoms with E-state index in [9.17, 15) is 18.4 Å². The highest BCUT2D eigenvalue weighted by atomic mass is 19.1. The average molecular weight is 398 g/mol. The molecule has 0 aliphatic carbocycles. The molecule has 150 valence electrons. The molecule has 3 rings (SSSR count). The van der Waals surface area contributed by atoms with Crippen molar-refractivity contribution in [3.05, 3.63) is 99.7 Å². The van der Waals surface area contributed by atoms with Crippen molar-refractivity contribution in [3.8, 4) is 0 Å². The summed E-state index contributed by atoms with van der Waals surface area (Å²) < 4.78 is 28.1. The van der Waals surface area contributed by atoms with Gasteiger partial charge in [0.25, 0.3) is 5.91 Å². The summed E-state index contributed by atoms with van der Waals surface area (Å²) in [7, 11) is 1.54. The van der Waals surface area contributed by atoms with Gasteiger partial charge < -0.3 is 15.6 Å². The Morgan fingerprint density at radius 3 is 2.34 bits per heavy atom. The smallest absolute Gasteiger partial charge is 0.253 e. The summed E-state index contributed by atoms with van der Waals surface area (Å²) >= 11 is 0. The van der Waals surface area contributed by atoms with Crippen molar-refractivity contribution in [1.29, 1.82) is 0 Å². The van der Waals surface area contributed by atoms with E-state index < -0.39 is 29.3 Å². The molecule has 6 nitrogen and oxygen atoms in total. The lowest BCUT2D eigenvalue weighted by Crippen LogP contribution is -2.55. The zero-order valence-corrected chi connectivity index (χ0v) is 15.9. The first-order chi connectivity index (χ1) is 13.7. The molecular formula is C21H20F2N4O2. The number of rotatable bonds is 5. The van der Waals surface area contributed by atoms with Gasteiger partial charge in [0.1, 0.15) is 5.82 Å². The van der Waals surface area contributed by atoms with E-state index in [0.717, 1.165) is 0 Å². The molecular weight excluding hydrogens is 378 g/mol. The predicted octanol–water partition coefficient (Wildman–Crippen LogP) is 2.08. The third-order valence-electron chi connectivity index (χ3n) is 4.91. The third-order valence-corrected chi connectivity index (χ3v) is 4.91. The van der Waals surface area contributed by atoms with Crippen molar-refractivity contribution < 1.29 is 13.6 Å². The average Bonchev–Trinajstić information content (AvgIpc) is 2.70. The number of pyridine rings is 2. The van der Waals surface area contributed by atoms with Gasteiger partial charge in [0.15, 0.2) is 0 Å². The highest BCUT2D eigenvalue weighted by molar-refractivity contribution is 5.94. The van der Waals surface area contributed by atoms with E-state index in [1.165, 1.54) is 65.5 Å².